The number of piperidine rings is 3. The molecule has 9 heteroatoms. The van der Waals surface area contributed by atoms with E-state index in [1.54, 1.807) is 11.0 Å². The second-order valence-corrected chi connectivity index (χ2v) is 10.6. The van der Waals surface area contributed by atoms with Crippen LogP contribution in [0.15, 0.2) is 23.4 Å². The standard InChI is InChI=1S/C26H36F2N4O3/c1-34-30-22-17-25(35-23-3-2-20(27)16-21(22)23)6-14-32(15-7-25)24(33)26(28)8-12-31(13-9-26)18-19-4-10-29-11-5-19/h2-3,16,19,29H,4-15,17-18H2,1H3/b30-22+. The molecule has 0 radical (unpaired) electrons. The Kier molecular flexibility index (Phi) is 6.99. The van der Waals surface area contributed by atoms with Gasteiger partial charge in [0, 0.05) is 70.4 Å². The van der Waals surface area contributed by atoms with Gasteiger partial charge in [0.15, 0.2) is 5.67 Å². The molecule has 7 nitrogen and oxygen atoms in total. The summed E-state index contributed by atoms with van der Waals surface area (Å²) in [6, 6.07) is 4.39. The lowest BCUT2D eigenvalue weighted by Gasteiger charge is -2.46. The lowest BCUT2D eigenvalue weighted by molar-refractivity contribution is -0.151. The fourth-order valence-corrected chi connectivity index (χ4v) is 6.09. The van der Waals surface area contributed by atoms with Crippen LogP contribution in [0.25, 0.3) is 0 Å². The summed E-state index contributed by atoms with van der Waals surface area (Å²) in [6.07, 6.45) is 4.46. The fraction of sp³-hybridized carbons (Fsp3) is 0.692. The first-order valence-electron chi connectivity index (χ1n) is 12.9. The first-order valence-corrected chi connectivity index (χ1v) is 12.9. The second kappa shape index (κ2) is 10.0. The Morgan fingerprint density at radius 2 is 1.89 bits per heavy atom. The van der Waals surface area contributed by atoms with E-state index < -0.39 is 11.3 Å². The van der Waals surface area contributed by atoms with E-state index in [-0.39, 0.29) is 24.6 Å². The van der Waals surface area contributed by atoms with Crippen LogP contribution in [0.2, 0.25) is 0 Å². The van der Waals surface area contributed by atoms with Crippen molar-refractivity contribution in [2.75, 3.05) is 52.9 Å². The van der Waals surface area contributed by atoms with Crippen LogP contribution in [-0.2, 0) is 9.63 Å². The van der Waals surface area contributed by atoms with Crippen molar-refractivity contribution in [2.24, 2.45) is 11.1 Å². The van der Waals surface area contributed by atoms with Gasteiger partial charge in [-0.3, -0.25) is 4.79 Å². The number of alkyl halides is 1. The molecule has 0 aromatic heterocycles. The average molecular weight is 491 g/mol. The maximum atomic E-state index is 15.8. The Balaban J connectivity index is 1.18. The molecule has 1 aromatic carbocycles. The molecular weight excluding hydrogens is 454 g/mol. The predicted molar refractivity (Wildman–Crippen MR) is 129 cm³/mol. The summed E-state index contributed by atoms with van der Waals surface area (Å²) >= 11 is 0. The Labute approximate surface area is 205 Å². The number of carbonyl (C=O) groups excluding carboxylic acids is 1. The Morgan fingerprint density at radius 3 is 2.57 bits per heavy atom. The number of nitrogens with zero attached hydrogens (tertiary/aromatic N) is 3. The van der Waals surface area contributed by atoms with E-state index in [1.165, 1.54) is 32.1 Å². The van der Waals surface area contributed by atoms with E-state index in [0.29, 0.717) is 68.4 Å². The van der Waals surface area contributed by atoms with Crippen molar-refractivity contribution in [3.63, 3.8) is 0 Å². The second-order valence-electron chi connectivity index (χ2n) is 10.6. The fourth-order valence-electron chi connectivity index (χ4n) is 6.09. The summed E-state index contributed by atoms with van der Waals surface area (Å²) in [7, 11) is 1.47. The normalized spacial score (nSPS) is 25.8. The number of rotatable bonds is 4. The molecule has 1 aromatic rings. The van der Waals surface area contributed by atoms with Crippen molar-refractivity contribution in [3.05, 3.63) is 29.6 Å². The van der Waals surface area contributed by atoms with E-state index in [9.17, 15) is 9.18 Å². The molecule has 0 unspecified atom stereocenters. The van der Waals surface area contributed by atoms with Gasteiger partial charge in [0.2, 0.25) is 0 Å². The third-order valence-corrected chi connectivity index (χ3v) is 8.24. The van der Waals surface area contributed by atoms with Crippen molar-refractivity contribution in [3.8, 4) is 5.75 Å². The highest BCUT2D eigenvalue weighted by atomic mass is 19.1. The van der Waals surface area contributed by atoms with Crippen LogP contribution in [0.5, 0.6) is 5.75 Å². The third kappa shape index (κ3) is 5.16. The van der Waals surface area contributed by atoms with Gasteiger partial charge in [-0.2, -0.15) is 0 Å². The van der Waals surface area contributed by atoms with Crippen molar-refractivity contribution in [2.45, 2.75) is 56.2 Å². The summed E-state index contributed by atoms with van der Waals surface area (Å²) < 4.78 is 35.9. The molecule has 0 atom stereocenters. The highest BCUT2D eigenvalue weighted by Gasteiger charge is 2.48. The van der Waals surface area contributed by atoms with Crippen LogP contribution in [0.1, 0.15) is 50.5 Å². The van der Waals surface area contributed by atoms with Crippen molar-refractivity contribution in [1.29, 1.82) is 0 Å². The van der Waals surface area contributed by atoms with Gasteiger partial charge in [0.1, 0.15) is 24.3 Å². The molecule has 0 saturated carbocycles. The number of benzene rings is 1. The highest BCUT2D eigenvalue weighted by molar-refractivity contribution is 6.04. The molecule has 0 aliphatic carbocycles. The van der Waals surface area contributed by atoms with Gasteiger partial charge >= 0.3 is 0 Å². The monoisotopic (exact) mass is 490 g/mol. The van der Waals surface area contributed by atoms with Gasteiger partial charge in [0.25, 0.3) is 5.91 Å². The predicted octanol–water partition coefficient (Wildman–Crippen LogP) is 3.12. The Morgan fingerprint density at radius 1 is 1.17 bits per heavy atom. The zero-order valence-electron chi connectivity index (χ0n) is 20.5. The molecule has 1 amide bonds. The number of amides is 1. The van der Waals surface area contributed by atoms with Gasteiger partial charge in [-0.05, 0) is 50.0 Å². The van der Waals surface area contributed by atoms with E-state index in [1.807, 2.05) is 0 Å². The summed E-state index contributed by atoms with van der Waals surface area (Å²) in [6.45, 7) is 5.26. The number of nitrogens with one attached hydrogen (secondary N) is 1. The van der Waals surface area contributed by atoms with E-state index in [0.717, 1.165) is 19.6 Å². The molecule has 4 aliphatic heterocycles. The quantitative estimate of drug-likeness (QED) is 0.657. The van der Waals surface area contributed by atoms with Crippen LogP contribution < -0.4 is 10.1 Å². The summed E-state index contributed by atoms with van der Waals surface area (Å²) in [5, 5.41) is 7.51. The van der Waals surface area contributed by atoms with Crippen LogP contribution in [0, 0.1) is 11.7 Å². The Bertz CT molecular complexity index is 950. The topological polar surface area (TPSA) is 66.4 Å². The molecule has 0 bridgehead atoms. The number of hydrogen-bond donors (Lipinski definition) is 1. The van der Waals surface area contributed by atoms with Crippen LogP contribution >= 0.6 is 0 Å². The molecule has 3 fully saturated rings. The molecule has 3 saturated heterocycles. The molecule has 35 heavy (non-hydrogen) atoms. The lowest BCUT2D eigenvalue weighted by atomic mass is 9.81. The number of oxime groups is 1. The van der Waals surface area contributed by atoms with E-state index in [2.05, 4.69) is 15.4 Å². The molecule has 5 rings (SSSR count). The minimum absolute atomic E-state index is 0.262. The van der Waals surface area contributed by atoms with Crippen LogP contribution in [0.3, 0.4) is 0 Å². The van der Waals surface area contributed by atoms with Crippen molar-refractivity contribution < 1.29 is 23.1 Å². The summed E-state index contributed by atoms with van der Waals surface area (Å²) in [5.41, 5.74) is -1.11. The number of hydrogen-bond acceptors (Lipinski definition) is 6. The average Bonchev–Trinajstić information content (AvgIpc) is 2.87. The zero-order chi connectivity index (χ0) is 24.5. The molecule has 192 valence electrons. The number of ether oxygens (including phenoxy) is 1. The van der Waals surface area contributed by atoms with E-state index >= 15 is 4.39 Å². The first kappa shape index (κ1) is 24.4. The minimum atomic E-state index is -1.78. The maximum absolute atomic E-state index is 15.8. The van der Waals surface area contributed by atoms with Gasteiger partial charge in [-0.15, -0.1) is 0 Å². The minimum Gasteiger partial charge on any atom is -0.486 e. The molecule has 1 spiro atoms. The molecule has 1 N–H and O–H groups in total. The van der Waals surface area contributed by atoms with Gasteiger partial charge in [0.05, 0.1) is 5.71 Å². The third-order valence-electron chi connectivity index (χ3n) is 8.24. The van der Waals surface area contributed by atoms with Crippen molar-refractivity contribution in [1.82, 2.24) is 15.1 Å². The molecule has 4 aliphatic rings. The largest absolute Gasteiger partial charge is 0.486 e. The molecular formula is C26H36F2N4O3. The van der Waals surface area contributed by atoms with Crippen LogP contribution in [-0.4, -0.2) is 85.6 Å². The van der Waals surface area contributed by atoms with Gasteiger partial charge < -0.3 is 24.7 Å². The summed E-state index contributed by atoms with van der Waals surface area (Å²) in [4.78, 5) is 22.3. The number of fused-ring (bicyclic) bond motifs is 1. The highest BCUT2D eigenvalue weighted by Crippen LogP contribution is 2.41. The molecule has 4 heterocycles. The number of carbonyl (C=O) groups is 1. The lowest BCUT2D eigenvalue weighted by Crippen LogP contribution is -2.58. The van der Waals surface area contributed by atoms with Crippen molar-refractivity contribution >= 4 is 11.6 Å². The van der Waals surface area contributed by atoms with E-state index in [4.69, 9.17) is 9.57 Å². The number of likely N-dealkylation sites (tertiary alicyclic amines) is 2. The summed E-state index contributed by atoms with van der Waals surface area (Å²) in [5.74, 6) is 0.498. The first-order chi connectivity index (χ1) is 16.9. The SMILES string of the molecule is CO/N=C1\CC2(CCN(C(=O)C3(F)CCN(CC4CCNCC4)CC3)CC2)Oc2ccc(F)cc21. The maximum Gasteiger partial charge on any atom is 0.260 e. The van der Waals surface area contributed by atoms with Gasteiger partial charge in [-0.1, -0.05) is 5.16 Å². The smallest absolute Gasteiger partial charge is 0.260 e. The van der Waals surface area contributed by atoms with Gasteiger partial charge in [-0.25, -0.2) is 8.78 Å². The Hall–Kier alpha value is -2.26. The zero-order valence-corrected chi connectivity index (χ0v) is 20.5. The van der Waals surface area contributed by atoms with Crippen LogP contribution in [0.4, 0.5) is 8.78 Å². The number of halogens is 2.